The molecule has 2 fully saturated rings. The van der Waals surface area contributed by atoms with Crippen LogP contribution in [0.25, 0.3) is 0 Å². The molecule has 9 heteroatoms. The lowest BCUT2D eigenvalue weighted by atomic mass is 10.2. The van der Waals surface area contributed by atoms with Crippen molar-refractivity contribution in [3.63, 3.8) is 0 Å². The molecule has 0 bridgehead atoms. The van der Waals surface area contributed by atoms with Crippen molar-refractivity contribution in [1.82, 2.24) is 4.31 Å². The van der Waals surface area contributed by atoms with Crippen LogP contribution in [0.3, 0.4) is 0 Å². The van der Waals surface area contributed by atoms with Crippen molar-refractivity contribution in [3.05, 3.63) is 24.3 Å². The molecule has 2 saturated heterocycles. The van der Waals surface area contributed by atoms with Gasteiger partial charge in [-0.2, -0.15) is 4.31 Å². The van der Waals surface area contributed by atoms with E-state index >= 15 is 0 Å². The Labute approximate surface area is 142 Å². The van der Waals surface area contributed by atoms with E-state index in [-0.39, 0.29) is 35.7 Å². The zero-order chi connectivity index (χ0) is 17.5. The summed E-state index contributed by atoms with van der Waals surface area (Å²) in [6, 6.07) is 5.54. The molecular weight excluding hydrogens is 354 g/mol. The van der Waals surface area contributed by atoms with Gasteiger partial charge in [0.1, 0.15) is 5.75 Å². The molecule has 0 saturated carbocycles. The largest absolute Gasteiger partial charge is 0.491 e. The first-order valence-electron chi connectivity index (χ1n) is 7.80. The Hall–Kier alpha value is -1.16. The fourth-order valence-electron chi connectivity index (χ4n) is 3.08. The molecule has 0 radical (unpaired) electrons. The molecule has 2 heterocycles. The zero-order valence-corrected chi connectivity index (χ0v) is 15.2. The SMILES string of the molecule is CC(C)Oc1ccc(S(=O)(=O)N2CCOC3CS(=O)(=O)CC32)cc1. The summed E-state index contributed by atoms with van der Waals surface area (Å²) in [6.07, 6.45) is -0.585. The lowest BCUT2D eigenvalue weighted by molar-refractivity contribution is -0.0141. The van der Waals surface area contributed by atoms with E-state index in [0.717, 1.165) is 0 Å². The Morgan fingerprint density at radius 1 is 1.21 bits per heavy atom. The van der Waals surface area contributed by atoms with Gasteiger partial charge in [0.25, 0.3) is 0 Å². The first kappa shape index (κ1) is 17.7. The molecule has 0 N–H and O–H groups in total. The summed E-state index contributed by atoms with van der Waals surface area (Å²) < 4.78 is 61.7. The van der Waals surface area contributed by atoms with Crippen LogP contribution in [0.4, 0.5) is 0 Å². The van der Waals surface area contributed by atoms with Crippen LogP contribution in [0, 0.1) is 0 Å². The number of morpholine rings is 1. The third-order valence-corrected chi connectivity index (χ3v) is 7.71. The molecule has 134 valence electrons. The number of sulfonamides is 1. The van der Waals surface area contributed by atoms with Crippen LogP contribution in [0.2, 0.25) is 0 Å². The molecule has 2 atom stereocenters. The van der Waals surface area contributed by atoms with Gasteiger partial charge < -0.3 is 9.47 Å². The molecule has 7 nitrogen and oxygen atoms in total. The van der Waals surface area contributed by atoms with E-state index in [1.807, 2.05) is 13.8 Å². The quantitative estimate of drug-likeness (QED) is 0.768. The van der Waals surface area contributed by atoms with Crippen LogP contribution >= 0.6 is 0 Å². The van der Waals surface area contributed by atoms with Crippen LogP contribution < -0.4 is 4.74 Å². The molecule has 2 unspecified atom stereocenters. The van der Waals surface area contributed by atoms with Gasteiger partial charge in [-0.25, -0.2) is 16.8 Å². The minimum absolute atomic E-state index is 0.00356. The maximum absolute atomic E-state index is 12.9. The Kier molecular flexibility index (Phi) is 4.63. The highest BCUT2D eigenvalue weighted by Crippen LogP contribution is 2.30. The lowest BCUT2D eigenvalue weighted by Gasteiger charge is -2.35. The van der Waals surface area contributed by atoms with Gasteiger partial charge in [-0.15, -0.1) is 0 Å². The number of hydrogen-bond acceptors (Lipinski definition) is 6. The van der Waals surface area contributed by atoms with Crippen LogP contribution in [-0.4, -0.2) is 64.0 Å². The Bertz CT molecular complexity index is 801. The summed E-state index contributed by atoms with van der Waals surface area (Å²) in [5.74, 6) is 0.281. The average molecular weight is 375 g/mol. The average Bonchev–Trinajstić information content (AvgIpc) is 2.80. The van der Waals surface area contributed by atoms with E-state index in [9.17, 15) is 16.8 Å². The van der Waals surface area contributed by atoms with E-state index in [1.54, 1.807) is 12.1 Å². The highest BCUT2D eigenvalue weighted by molar-refractivity contribution is 7.92. The van der Waals surface area contributed by atoms with E-state index in [0.29, 0.717) is 5.75 Å². The maximum atomic E-state index is 12.9. The van der Waals surface area contributed by atoms with Crippen molar-refractivity contribution < 1.29 is 26.3 Å². The summed E-state index contributed by atoms with van der Waals surface area (Å²) in [6.45, 7) is 4.13. The van der Waals surface area contributed by atoms with Crippen molar-refractivity contribution in [2.24, 2.45) is 0 Å². The van der Waals surface area contributed by atoms with Crippen LogP contribution in [-0.2, 0) is 24.6 Å². The van der Waals surface area contributed by atoms with E-state index in [4.69, 9.17) is 9.47 Å². The van der Waals surface area contributed by atoms with Crippen LogP contribution in [0.5, 0.6) is 5.75 Å². The Morgan fingerprint density at radius 2 is 1.88 bits per heavy atom. The lowest BCUT2D eigenvalue weighted by Crippen LogP contribution is -2.53. The number of nitrogens with zero attached hydrogens (tertiary/aromatic N) is 1. The molecule has 0 spiro atoms. The Balaban J connectivity index is 1.87. The van der Waals surface area contributed by atoms with E-state index in [1.165, 1.54) is 16.4 Å². The topological polar surface area (TPSA) is 90.0 Å². The van der Waals surface area contributed by atoms with E-state index in [2.05, 4.69) is 0 Å². The van der Waals surface area contributed by atoms with Gasteiger partial charge in [-0.05, 0) is 38.1 Å². The fraction of sp³-hybridized carbons (Fsp3) is 0.600. The number of sulfone groups is 1. The summed E-state index contributed by atoms with van der Waals surface area (Å²) in [5, 5.41) is 0. The van der Waals surface area contributed by atoms with Crippen molar-refractivity contribution in [2.75, 3.05) is 24.7 Å². The molecule has 1 aromatic rings. The van der Waals surface area contributed by atoms with Crippen molar-refractivity contribution in [1.29, 1.82) is 0 Å². The molecule has 3 rings (SSSR count). The van der Waals surface area contributed by atoms with Crippen molar-refractivity contribution in [2.45, 2.75) is 37.0 Å². The standard InChI is InChI=1S/C15H21NO6S2/c1-11(2)22-12-3-5-13(6-4-12)24(19,20)16-7-8-21-15-10-23(17,18)9-14(15)16/h3-6,11,14-15H,7-10H2,1-2H3. The molecule has 2 aliphatic heterocycles. The molecule has 24 heavy (non-hydrogen) atoms. The van der Waals surface area contributed by atoms with Gasteiger partial charge >= 0.3 is 0 Å². The van der Waals surface area contributed by atoms with Gasteiger partial charge in [-0.1, -0.05) is 0 Å². The third kappa shape index (κ3) is 3.44. The van der Waals surface area contributed by atoms with Crippen molar-refractivity contribution >= 4 is 19.9 Å². The number of fused-ring (bicyclic) bond motifs is 1. The van der Waals surface area contributed by atoms with Gasteiger partial charge in [0.15, 0.2) is 9.84 Å². The predicted molar refractivity (Wildman–Crippen MR) is 88.3 cm³/mol. The van der Waals surface area contributed by atoms with Gasteiger partial charge in [0.2, 0.25) is 10.0 Å². The third-order valence-electron chi connectivity index (χ3n) is 4.09. The van der Waals surface area contributed by atoms with E-state index < -0.39 is 32.0 Å². The molecular formula is C15H21NO6S2. The number of rotatable bonds is 4. The molecule has 1 aromatic carbocycles. The molecule has 2 aliphatic rings. The zero-order valence-electron chi connectivity index (χ0n) is 13.6. The fourth-order valence-corrected chi connectivity index (χ4v) is 6.68. The minimum atomic E-state index is -3.78. The number of ether oxygens (including phenoxy) is 2. The molecule has 0 aromatic heterocycles. The molecule has 0 aliphatic carbocycles. The summed E-state index contributed by atoms with van der Waals surface area (Å²) >= 11 is 0. The second-order valence-electron chi connectivity index (χ2n) is 6.31. The predicted octanol–water partition coefficient (Wildman–Crippen LogP) is 0.660. The highest BCUT2D eigenvalue weighted by atomic mass is 32.2. The first-order valence-corrected chi connectivity index (χ1v) is 11.1. The maximum Gasteiger partial charge on any atom is 0.243 e. The number of hydrogen-bond donors (Lipinski definition) is 0. The van der Waals surface area contributed by atoms with Gasteiger partial charge in [0, 0.05) is 6.54 Å². The summed E-state index contributed by atoms with van der Waals surface area (Å²) in [4.78, 5) is 0.128. The van der Waals surface area contributed by atoms with Gasteiger partial charge in [-0.3, -0.25) is 0 Å². The summed E-state index contributed by atoms with van der Waals surface area (Å²) in [5.41, 5.74) is 0. The Morgan fingerprint density at radius 3 is 2.50 bits per heavy atom. The minimum Gasteiger partial charge on any atom is -0.491 e. The highest BCUT2D eigenvalue weighted by Gasteiger charge is 2.48. The van der Waals surface area contributed by atoms with Crippen molar-refractivity contribution in [3.8, 4) is 5.75 Å². The molecule has 0 amide bonds. The van der Waals surface area contributed by atoms with Crippen LogP contribution in [0.1, 0.15) is 13.8 Å². The second kappa shape index (κ2) is 6.29. The normalized spacial score (nSPS) is 27.1. The second-order valence-corrected chi connectivity index (χ2v) is 10.4. The first-order chi connectivity index (χ1) is 11.2. The smallest absolute Gasteiger partial charge is 0.243 e. The summed E-state index contributed by atoms with van der Waals surface area (Å²) in [7, 11) is -7.05. The van der Waals surface area contributed by atoms with Gasteiger partial charge in [0.05, 0.1) is 41.3 Å². The monoisotopic (exact) mass is 375 g/mol. The van der Waals surface area contributed by atoms with Crippen LogP contribution in [0.15, 0.2) is 29.2 Å². The number of benzene rings is 1.